The second-order valence-corrected chi connectivity index (χ2v) is 7.40. The largest absolute Gasteiger partial charge is 0.491 e. The second kappa shape index (κ2) is 12.1. The Morgan fingerprint density at radius 3 is 2.66 bits per heavy atom. The summed E-state index contributed by atoms with van der Waals surface area (Å²) in [5.74, 6) is 2.49. The fourth-order valence-corrected chi connectivity index (χ4v) is 3.12. The number of nitrogens with zero attached hydrogens (tertiary/aromatic N) is 2. The van der Waals surface area contributed by atoms with Crippen LogP contribution < -0.4 is 15.4 Å². The molecule has 1 unspecified atom stereocenters. The molecular formula is C23H34N4O2. The number of aromatic nitrogens is 1. The van der Waals surface area contributed by atoms with Crippen LogP contribution in [0.5, 0.6) is 5.75 Å². The first kappa shape index (κ1) is 22.7. The maximum atomic E-state index is 5.88. The van der Waals surface area contributed by atoms with E-state index in [-0.39, 0.29) is 0 Å². The Hall–Kier alpha value is -2.60. The molecule has 0 fully saturated rings. The highest BCUT2D eigenvalue weighted by atomic mass is 16.5. The molecule has 1 heterocycles. The molecule has 0 saturated carbocycles. The van der Waals surface area contributed by atoms with Crippen LogP contribution in [0.4, 0.5) is 0 Å². The molecular weight excluding hydrogens is 364 g/mol. The van der Waals surface area contributed by atoms with Crippen LogP contribution in [0, 0.1) is 12.8 Å². The molecule has 0 aliphatic carbocycles. The highest BCUT2D eigenvalue weighted by Crippen LogP contribution is 2.23. The fourth-order valence-electron chi connectivity index (χ4n) is 3.12. The molecule has 1 atom stereocenters. The van der Waals surface area contributed by atoms with E-state index in [2.05, 4.69) is 65.6 Å². The van der Waals surface area contributed by atoms with E-state index in [1.54, 1.807) is 14.2 Å². The first-order chi connectivity index (χ1) is 14.0. The number of benzene rings is 1. The Labute approximate surface area is 174 Å². The lowest BCUT2D eigenvalue weighted by Gasteiger charge is -2.23. The molecule has 2 N–H and O–H groups in total. The third-order valence-electron chi connectivity index (χ3n) is 4.84. The van der Waals surface area contributed by atoms with Crippen molar-refractivity contribution in [1.29, 1.82) is 0 Å². The predicted octanol–water partition coefficient (Wildman–Crippen LogP) is 3.52. The quantitative estimate of drug-likeness (QED) is 0.364. The Bertz CT molecular complexity index is 763. The Kier molecular flexibility index (Phi) is 9.44. The van der Waals surface area contributed by atoms with Gasteiger partial charge in [-0.25, -0.2) is 0 Å². The topological polar surface area (TPSA) is 67.8 Å². The minimum atomic E-state index is 0.356. The molecule has 1 aromatic carbocycles. The first-order valence-electron chi connectivity index (χ1n) is 10.1. The summed E-state index contributed by atoms with van der Waals surface area (Å²) < 4.78 is 11.0. The number of ether oxygens (including phenoxy) is 2. The summed E-state index contributed by atoms with van der Waals surface area (Å²) in [5.41, 5.74) is 3.49. The molecule has 0 bridgehead atoms. The van der Waals surface area contributed by atoms with Gasteiger partial charge < -0.3 is 20.1 Å². The van der Waals surface area contributed by atoms with Gasteiger partial charge in [0, 0.05) is 51.1 Å². The molecule has 0 spiro atoms. The van der Waals surface area contributed by atoms with E-state index < -0.39 is 0 Å². The summed E-state index contributed by atoms with van der Waals surface area (Å²) in [4.78, 5) is 8.63. The van der Waals surface area contributed by atoms with E-state index >= 15 is 0 Å². The van der Waals surface area contributed by atoms with Gasteiger partial charge in [0.05, 0.1) is 6.61 Å². The summed E-state index contributed by atoms with van der Waals surface area (Å²) in [6.07, 6.45) is 3.75. The van der Waals surface area contributed by atoms with Crippen molar-refractivity contribution < 1.29 is 9.47 Å². The van der Waals surface area contributed by atoms with E-state index in [0.717, 1.165) is 23.8 Å². The summed E-state index contributed by atoms with van der Waals surface area (Å²) in [5, 5.41) is 6.85. The summed E-state index contributed by atoms with van der Waals surface area (Å²) >= 11 is 0. The van der Waals surface area contributed by atoms with Gasteiger partial charge in [0.2, 0.25) is 0 Å². The maximum absolute atomic E-state index is 5.88. The van der Waals surface area contributed by atoms with Crippen molar-refractivity contribution in [3.8, 4) is 5.75 Å². The maximum Gasteiger partial charge on any atom is 0.191 e. The van der Waals surface area contributed by atoms with Crippen LogP contribution in [-0.4, -0.2) is 44.9 Å². The highest BCUT2D eigenvalue weighted by molar-refractivity contribution is 5.79. The van der Waals surface area contributed by atoms with Gasteiger partial charge in [0.1, 0.15) is 12.4 Å². The summed E-state index contributed by atoms with van der Waals surface area (Å²) in [6, 6.07) is 10.4. The number of nitrogens with one attached hydrogen (secondary N) is 2. The predicted molar refractivity (Wildman–Crippen MR) is 119 cm³/mol. The van der Waals surface area contributed by atoms with Gasteiger partial charge in [-0.2, -0.15) is 0 Å². The molecule has 1 aromatic heterocycles. The van der Waals surface area contributed by atoms with Crippen LogP contribution in [-0.2, 0) is 11.3 Å². The van der Waals surface area contributed by atoms with Gasteiger partial charge in [-0.15, -0.1) is 0 Å². The molecule has 2 rings (SSSR count). The van der Waals surface area contributed by atoms with Gasteiger partial charge in [-0.1, -0.05) is 32.0 Å². The highest BCUT2D eigenvalue weighted by Gasteiger charge is 2.16. The van der Waals surface area contributed by atoms with Crippen molar-refractivity contribution in [1.82, 2.24) is 15.6 Å². The van der Waals surface area contributed by atoms with Crippen LogP contribution in [0.3, 0.4) is 0 Å². The van der Waals surface area contributed by atoms with Crippen molar-refractivity contribution in [3.05, 3.63) is 59.4 Å². The lowest BCUT2D eigenvalue weighted by molar-refractivity contribution is 0.145. The molecule has 6 nitrogen and oxygen atoms in total. The fraction of sp³-hybridized carbons (Fsp3) is 0.478. The van der Waals surface area contributed by atoms with Gasteiger partial charge in [-0.05, 0) is 36.1 Å². The van der Waals surface area contributed by atoms with Crippen LogP contribution in [0.2, 0.25) is 0 Å². The van der Waals surface area contributed by atoms with E-state index in [1.807, 2.05) is 18.5 Å². The molecule has 29 heavy (non-hydrogen) atoms. The molecule has 0 aliphatic rings. The molecule has 0 aliphatic heterocycles. The molecule has 158 valence electrons. The standard InChI is InChI=1S/C23H34N4O2/c1-17(2)21(19-7-6-10-25-14-19)16-27-23(24-4)26-15-20-9-8-18(3)13-22(20)29-12-11-28-5/h6-10,13-14,17,21H,11-12,15-16H2,1-5H3,(H2,24,26,27). The zero-order chi connectivity index (χ0) is 21.1. The molecule has 0 amide bonds. The van der Waals surface area contributed by atoms with Gasteiger partial charge in [-0.3, -0.25) is 9.98 Å². The number of pyridine rings is 1. The lowest BCUT2D eigenvalue weighted by Crippen LogP contribution is -2.39. The van der Waals surface area contributed by atoms with E-state index in [0.29, 0.717) is 31.6 Å². The Morgan fingerprint density at radius 1 is 1.17 bits per heavy atom. The number of hydrogen-bond acceptors (Lipinski definition) is 4. The number of methoxy groups -OCH3 is 1. The van der Waals surface area contributed by atoms with E-state index in [4.69, 9.17) is 9.47 Å². The average molecular weight is 399 g/mol. The zero-order valence-corrected chi connectivity index (χ0v) is 18.2. The van der Waals surface area contributed by atoms with Crippen LogP contribution in [0.1, 0.15) is 36.5 Å². The molecule has 0 radical (unpaired) electrons. The van der Waals surface area contributed by atoms with Crippen molar-refractivity contribution in [3.63, 3.8) is 0 Å². The van der Waals surface area contributed by atoms with Crippen molar-refractivity contribution in [2.45, 2.75) is 33.2 Å². The van der Waals surface area contributed by atoms with Crippen LogP contribution in [0.15, 0.2) is 47.7 Å². The van der Waals surface area contributed by atoms with Crippen molar-refractivity contribution in [2.75, 3.05) is 33.9 Å². The van der Waals surface area contributed by atoms with E-state index in [1.165, 1.54) is 11.1 Å². The number of aryl methyl sites for hydroxylation is 1. The SMILES string of the molecule is CN=C(NCc1ccc(C)cc1OCCOC)NCC(c1cccnc1)C(C)C. The third kappa shape index (κ3) is 7.38. The van der Waals surface area contributed by atoms with Crippen molar-refractivity contribution in [2.24, 2.45) is 10.9 Å². The number of hydrogen-bond donors (Lipinski definition) is 2. The van der Waals surface area contributed by atoms with Crippen LogP contribution >= 0.6 is 0 Å². The Balaban J connectivity index is 1.97. The monoisotopic (exact) mass is 398 g/mol. The van der Waals surface area contributed by atoms with E-state index in [9.17, 15) is 0 Å². The van der Waals surface area contributed by atoms with Crippen molar-refractivity contribution >= 4 is 5.96 Å². The normalized spacial score (nSPS) is 12.7. The van der Waals surface area contributed by atoms with Gasteiger partial charge in [0.25, 0.3) is 0 Å². The minimum Gasteiger partial charge on any atom is -0.491 e. The zero-order valence-electron chi connectivity index (χ0n) is 18.2. The Morgan fingerprint density at radius 2 is 2.00 bits per heavy atom. The van der Waals surface area contributed by atoms with Gasteiger partial charge >= 0.3 is 0 Å². The molecule has 6 heteroatoms. The average Bonchev–Trinajstić information content (AvgIpc) is 2.72. The van der Waals surface area contributed by atoms with Gasteiger partial charge in [0.15, 0.2) is 5.96 Å². The summed E-state index contributed by atoms with van der Waals surface area (Å²) in [7, 11) is 3.46. The number of guanidine groups is 1. The lowest BCUT2D eigenvalue weighted by atomic mass is 9.89. The number of rotatable bonds is 10. The second-order valence-electron chi connectivity index (χ2n) is 7.40. The smallest absolute Gasteiger partial charge is 0.191 e. The summed E-state index contributed by atoms with van der Waals surface area (Å²) in [6.45, 7) is 9.02. The minimum absolute atomic E-state index is 0.356. The number of aliphatic imine (C=N–C) groups is 1. The molecule has 0 saturated heterocycles. The first-order valence-corrected chi connectivity index (χ1v) is 10.1. The van der Waals surface area contributed by atoms with Crippen LogP contribution in [0.25, 0.3) is 0 Å². The third-order valence-corrected chi connectivity index (χ3v) is 4.84. The molecule has 2 aromatic rings.